The lowest BCUT2D eigenvalue weighted by molar-refractivity contribution is -0.120. The van der Waals surface area contributed by atoms with Gasteiger partial charge in [-0.15, -0.1) is 0 Å². The first-order valence-electron chi connectivity index (χ1n) is 6.04. The Labute approximate surface area is 111 Å². The Hall–Kier alpha value is -2.08. The number of ether oxygens (including phenoxy) is 2. The van der Waals surface area contributed by atoms with Crippen molar-refractivity contribution in [1.82, 2.24) is 10.6 Å². The van der Waals surface area contributed by atoms with E-state index in [-0.39, 0.29) is 5.91 Å². The Bertz CT molecular complexity index is 458. The zero-order chi connectivity index (χ0) is 13.7. The molecule has 6 nitrogen and oxygen atoms in total. The number of carbonyl (C=O) groups is 2. The van der Waals surface area contributed by atoms with E-state index in [0.29, 0.717) is 13.2 Å². The quantitative estimate of drug-likeness (QED) is 0.593. The highest BCUT2D eigenvalue weighted by atomic mass is 16.5. The molecule has 0 bridgehead atoms. The van der Waals surface area contributed by atoms with Crippen LogP contribution < -0.4 is 15.4 Å². The Morgan fingerprint density at radius 3 is 2.47 bits per heavy atom. The molecule has 1 aromatic rings. The van der Waals surface area contributed by atoms with E-state index in [1.165, 1.54) is 0 Å². The average molecular weight is 264 g/mol. The lowest BCUT2D eigenvalue weighted by Crippen LogP contribution is -2.22. The first-order chi connectivity index (χ1) is 9.20. The van der Waals surface area contributed by atoms with Gasteiger partial charge in [0, 0.05) is 20.1 Å². The third-order valence-electron chi connectivity index (χ3n) is 2.75. The van der Waals surface area contributed by atoms with Crippen LogP contribution in [0.2, 0.25) is 0 Å². The Kier molecular flexibility index (Phi) is 4.35. The van der Waals surface area contributed by atoms with Crippen molar-refractivity contribution < 1.29 is 19.1 Å². The largest absolute Gasteiger partial charge is 0.494 e. The molecular formula is C13H16N2O4. The van der Waals surface area contributed by atoms with Crippen molar-refractivity contribution >= 4 is 11.9 Å². The van der Waals surface area contributed by atoms with Gasteiger partial charge in [0.2, 0.25) is 0 Å². The molecule has 2 rings (SSSR count). The van der Waals surface area contributed by atoms with Gasteiger partial charge in [-0.3, -0.25) is 10.1 Å². The molecule has 1 saturated heterocycles. The second-order valence-electron chi connectivity index (χ2n) is 4.16. The molecule has 1 aliphatic heterocycles. The average Bonchev–Trinajstić information content (AvgIpc) is 2.75. The molecule has 1 heterocycles. The first-order valence-corrected chi connectivity index (χ1v) is 6.04. The molecule has 1 aliphatic rings. The summed E-state index contributed by atoms with van der Waals surface area (Å²) >= 11 is 0. The number of benzene rings is 1. The molecule has 0 aliphatic carbocycles. The molecule has 0 spiro atoms. The lowest BCUT2D eigenvalue weighted by atomic mass is 10.1. The van der Waals surface area contributed by atoms with E-state index in [0.717, 1.165) is 17.7 Å². The Morgan fingerprint density at radius 2 is 1.89 bits per heavy atom. The summed E-state index contributed by atoms with van der Waals surface area (Å²) in [6.45, 7) is 1.24. The minimum atomic E-state index is -0.616. The number of carbonyl (C=O) groups excluding carboxylic acids is 2. The number of hydrogen-bond acceptors (Lipinski definition) is 4. The molecule has 0 aromatic heterocycles. The second-order valence-corrected chi connectivity index (χ2v) is 4.16. The summed E-state index contributed by atoms with van der Waals surface area (Å²) < 4.78 is 10.4. The van der Waals surface area contributed by atoms with Crippen molar-refractivity contribution in [2.24, 2.45) is 0 Å². The number of nitrogens with one attached hydrogen (secondary N) is 2. The van der Waals surface area contributed by atoms with Crippen LogP contribution in [0.4, 0.5) is 4.79 Å². The molecule has 1 fully saturated rings. The monoisotopic (exact) mass is 264 g/mol. The van der Waals surface area contributed by atoms with Crippen LogP contribution >= 0.6 is 0 Å². The number of imide groups is 1. The molecule has 2 N–H and O–H groups in total. The fraction of sp³-hybridized carbons (Fsp3) is 0.385. The maximum atomic E-state index is 11.5. The molecule has 102 valence electrons. The van der Waals surface area contributed by atoms with Gasteiger partial charge in [-0.25, -0.2) is 4.79 Å². The van der Waals surface area contributed by atoms with Gasteiger partial charge in [0.25, 0.3) is 5.91 Å². The van der Waals surface area contributed by atoms with Gasteiger partial charge in [-0.05, 0) is 17.7 Å². The molecule has 1 atom stereocenters. The normalized spacial score (nSPS) is 18.1. The zero-order valence-electron chi connectivity index (χ0n) is 10.6. The van der Waals surface area contributed by atoms with Gasteiger partial charge in [-0.2, -0.15) is 0 Å². The smallest absolute Gasteiger partial charge is 0.322 e. The third kappa shape index (κ3) is 3.45. The fourth-order valence-corrected chi connectivity index (χ4v) is 1.80. The van der Waals surface area contributed by atoms with Crippen LogP contribution in [-0.4, -0.2) is 32.3 Å². The second kappa shape index (κ2) is 6.19. The van der Waals surface area contributed by atoms with Crippen molar-refractivity contribution in [2.75, 3.05) is 20.3 Å². The summed E-state index contributed by atoms with van der Waals surface area (Å²) in [4.78, 5) is 22.5. The molecule has 3 amide bonds. The van der Waals surface area contributed by atoms with Crippen LogP contribution in [0, 0.1) is 0 Å². The van der Waals surface area contributed by atoms with Crippen molar-refractivity contribution in [2.45, 2.75) is 12.5 Å². The van der Waals surface area contributed by atoms with Crippen LogP contribution in [0.1, 0.15) is 18.0 Å². The molecular weight excluding hydrogens is 248 g/mol. The number of amides is 3. The summed E-state index contributed by atoms with van der Waals surface area (Å²) in [5.74, 6) is 0.392. The van der Waals surface area contributed by atoms with E-state index < -0.39 is 12.1 Å². The zero-order valence-corrected chi connectivity index (χ0v) is 10.6. The Balaban J connectivity index is 1.91. The third-order valence-corrected chi connectivity index (χ3v) is 2.75. The minimum absolute atomic E-state index is 0.334. The fourth-order valence-electron chi connectivity index (χ4n) is 1.80. The van der Waals surface area contributed by atoms with Gasteiger partial charge in [0.15, 0.2) is 0 Å². The standard InChI is InChI=1S/C13H16N2O4/c1-18-7-2-8-19-10-5-3-9(4-6-10)11-12(16)15-13(17)14-11/h3-6,11H,2,7-8H2,1H3,(H2,14,15,16,17)/t11-/m1/s1. The predicted molar refractivity (Wildman–Crippen MR) is 67.8 cm³/mol. The number of rotatable bonds is 6. The first kappa shape index (κ1) is 13.4. The lowest BCUT2D eigenvalue weighted by Gasteiger charge is -2.09. The maximum Gasteiger partial charge on any atom is 0.322 e. The van der Waals surface area contributed by atoms with Crippen molar-refractivity contribution in [1.29, 1.82) is 0 Å². The summed E-state index contributed by atoms with van der Waals surface area (Å²) in [5, 5.41) is 4.74. The van der Waals surface area contributed by atoms with Crippen LogP contribution in [-0.2, 0) is 9.53 Å². The van der Waals surface area contributed by atoms with E-state index in [4.69, 9.17) is 9.47 Å². The molecule has 0 radical (unpaired) electrons. The Morgan fingerprint density at radius 1 is 1.16 bits per heavy atom. The predicted octanol–water partition coefficient (Wildman–Crippen LogP) is 0.982. The van der Waals surface area contributed by atoms with Crippen LogP contribution in [0.25, 0.3) is 0 Å². The van der Waals surface area contributed by atoms with Gasteiger partial charge >= 0.3 is 6.03 Å². The summed E-state index contributed by atoms with van der Waals surface area (Å²) in [6, 6.07) is 6.01. The highest BCUT2D eigenvalue weighted by molar-refractivity contribution is 6.04. The van der Waals surface area contributed by atoms with Crippen LogP contribution in [0.5, 0.6) is 5.75 Å². The molecule has 6 heteroatoms. The van der Waals surface area contributed by atoms with Crippen LogP contribution in [0.15, 0.2) is 24.3 Å². The number of urea groups is 1. The van der Waals surface area contributed by atoms with E-state index in [1.807, 2.05) is 0 Å². The topological polar surface area (TPSA) is 76.7 Å². The molecule has 0 saturated carbocycles. The van der Waals surface area contributed by atoms with Gasteiger partial charge < -0.3 is 14.8 Å². The molecule has 0 unspecified atom stereocenters. The van der Waals surface area contributed by atoms with Gasteiger partial charge in [0.1, 0.15) is 11.8 Å². The highest BCUT2D eigenvalue weighted by Gasteiger charge is 2.30. The molecule has 19 heavy (non-hydrogen) atoms. The summed E-state index contributed by atoms with van der Waals surface area (Å²) in [7, 11) is 1.65. The van der Waals surface area contributed by atoms with Crippen molar-refractivity contribution in [3.63, 3.8) is 0 Å². The highest BCUT2D eigenvalue weighted by Crippen LogP contribution is 2.20. The molecule has 1 aromatic carbocycles. The summed E-state index contributed by atoms with van der Waals surface area (Å²) in [6.07, 6.45) is 0.819. The van der Waals surface area contributed by atoms with Crippen molar-refractivity contribution in [3.05, 3.63) is 29.8 Å². The SMILES string of the molecule is COCCCOc1ccc([C@H]2NC(=O)NC2=O)cc1. The summed E-state index contributed by atoms with van der Waals surface area (Å²) in [5.41, 5.74) is 0.729. The van der Waals surface area contributed by atoms with Gasteiger partial charge in [-0.1, -0.05) is 12.1 Å². The van der Waals surface area contributed by atoms with E-state index in [9.17, 15) is 9.59 Å². The van der Waals surface area contributed by atoms with Gasteiger partial charge in [0.05, 0.1) is 6.61 Å². The van der Waals surface area contributed by atoms with Crippen molar-refractivity contribution in [3.8, 4) is 5.75 Å². The van der Waals surface area contributed by atoms with E-state index >= 15 is 0 Å². The van der Waals surface area contributed by atoms with E-state index in [1.54, 1.807) is 31.4 Å². The number of methoxy groups -OCH3 is 1. The van der Waals surface area contributed by atoms with E-state index in [2.05, 4.69) is 10.6 Å². The maximum absolute atomic E-state index is 11.5. The number of hydrogen-bond donors (Lipinski definition) is 2. The van der Waals surface area contributed by atoms with Crippen LogP contribution in [0.3, 0.4) is 0 Å². The minimum Gasteiger partial charge on any atom is -0.494 e.